The number of para-hydroxylation sites is 1. The third-order valence-electron chi connectivity index (χ3n) is 4.57. The fraction of sp³-hybridized carbons (Fsp3) is 0.136. The molecule has 1 amide bonds. The van der Waals surface area contributed by atoms with Gasteiger partial charge >= 0.3 is 0 Å². The van der Waals surface area contributed by atoms with Gasteiger partial charge in [-0.2, -0.15) is 4.98 Å². The molecule has 140 valence electrons. The Balaban J connectivity index is 1.64. The minimum Gasteiger partial charge on any atom is -0.326 e. The Morgan fingerprint density at radius 1 is 1.11 bits per heavy atom. The second-order valence-corrected chi connectivity index (χ2v) is 6.53. The van der Waals surface area contributed by atoms with Crippen LogP contribution >= 0.6 is 0 Å². The van der Waals surface area contributed by atoms with E-state index >= 15 is 0 Å². The Hall–Kier alpha value is -3.67. The van der Waals surface area contributed by atoms with Gasteiger partial charge in [0.2, 0.25) is 11.9 Å². The molecule has 0 spiro atoms. The first-order valence-electron chi connectivity index (χ1n) is 9.22. The van der Waals surface area contributed by atoms with Crippen molar-refractivity contribution in [3.63, 3.8) is 0 Å². The molecule has 2 heterocycles. The second-order valence-electron chi connectivity index (χ2n) is 6.53. The molecule has 0 aliphatic carbocycles. The SMILES string of the molecule is C=CC(=O)Nc1cccc(N2CCCc3cnc(Nc4ccccc4)nc32)c1. The monoisotopic (exact) mass is 371 g/mol. The van der Waals surface area contributed by atoms with Gasteiger partial charge in [0.25, 0.3) is 0 Å². The number of amides is 1. The van der Waals surface area contributed by atoms with E-state index in [0.717, 1.165) is 47.8 Å². The van der Waals surface area contributed by atoms with Crippen LogP contribution in [0.2, 0.25) is 0 Å². The third kappa shape index (κ3) is 3.86. The van der Waals surface area contributed by atoms with Crippen LogP contribution in [0.25, 0.3) is 0 Å². The highest BCUT2D eigenvalue weighted by Gasteiger charge is 2.21. The summed E-state index contributed by atoms with van der Waals surface area (Å²) < 4.78 is 0. The Kier molecular flexibility index (Phi) is 5.01. The lowest BCUT2D eigenvalue weighted by atomic mass is 10.1. The average molecular weight is 371 g/mol. The molecule has 6 heteroatoms. The van der Waals surface area contributed by atoms with Crippen LogP contribution in [-0.4, -0.2) is 22.4 Å². The van der Waals surface area contributed by atoms with E-state index in [2.05, 4.69) is 27.1 Å². The largest absolute Gasteiger partial charge is 0.326 e. The second kappa shape index (κ2) is 7.92. The molecule has 0 fully saturated rings. The van der Waals surface area contributed by atoms with Gasteiger partial charge in [-0.3, -0.25) is 4.79 Å². The molecule has 0 atom stereocenters. The zero-order valence-corrected chi connectivity index (χ0v) is 15.4. The molecule has 0 radical (unpaired) electrons. The number of aromatic nitrogens is 2. The maximum Gasteiger partial charge on any atom is 0.247 e. The Morgan fingerprint density at radius 2 is 1.93 bits per heavy atom. The van der Waals surface area contributed by atoms with Crippen LogP contribution in [0.4, 0.5) is 28.8 Å². The van der Waals surface area contributed by atoms with Gasteiger partial charge in [-0.05, 0) is 49.2 Å². The van der Waals surface area contributed by atoms with E-state index < -0.39 is 0 Å². The molecule has 1 aromatic heterocycles. The van der Waals surface area contributed by atoms with Crippen LogP contribution < -0.4 is 15.5 Å². The van der Waals surface area contributed by atoms with Gasteiger partial charge in [0.1, 0.15) is 5.82 Å². The van der Waals surface area contributed by atoms with E-state index in [-0.39, 0.29) is 5.91 Å². The lowest BCUT2D eigenvalue weighted by Gasteiger charge is -2.30. The highest BCUT2D eigenvalue weighted by Crippen LogP contribution is 2.33. The first-order valence-corrected chi connectivity index (χ1v) is 9.22. The van der Waals surface area contributed by atoms with Gasteiger partial charge in [-0.25, -0.2) is 4.98 Å². The van der Waals surface area contributed by atoms with E-state index in [1.165, 1.54) is 6.08 Å². The van der Waals surface area contributed by atoms with Crippen molar-refractivity contribution in [3.05, 3.63) is 79.0 Å². The number of rotatable bonds is 5. The average Bonchev–Trinajstić information content (AvgIpc) is 2.74. The topological polar surface area (TPSA) is 70.2 Å². The molecule has 0 bridgehead atoms. The molecule has 4 rings (SSSR count). The number of benzene rings is 2. The zero-order chi connectivity index (χ0) is 19.3. The van der Waals surface area contributed by atoms with Gasteiger partial charge in [0.05, 0.1) is 0 Å². The summed E-state index contributed by atoms with van der Waals surface area (Å²) in [4.78, 5) is 23.0. The molecule has 28 heavy (non-hydrogen) atoms. The zero-order valence-electron chi connectivity index (χ0n) is 15.4. The molecule has 1 aliphatic heterocycles. The fourth-order valence-electron chi connectivity index (χ4n) is 3.25. The number of carbonyl (C=O) groups is 1. The van der Waals surface area contributed by atoms with Crippen molar-refractivity contribution in [1.29, 1.82) is 0 Å². The van der Waals surface area contributed by atoms with Crippen LogP contribution in [0.1, 0.15) is 12.0 Å². The van der Waals surface area contributed by atoms with Crippen molar-refractivity contribution >= 4 is 34.7 Å². The lowest BCUT2D eigenvalue weighted by molar-refractivity contribution is -0.111. The number of hydrogen-bond acceptors (Lipinski definition) is 5. The summed E-state index contributed by atoms with van der Waals surface area (Å²) >= 11 is 0. The molecule has 2 aromatic carbocycles. The van der Waals surface area contributed by atoms with Crippen molar-refractivity contribution < 1.29 is 4.79 Å². The number of carbonyl (C=O) groups excluding carboxylic acids is 1. The minimum absolute atomic E-state index is 0.229. The molecule has 6 nitrogen and oxygen atoms in total. The summed E-state index contributed by atoms with van der Waals surface area (Å²) in [5.74, 6) is 1.23. The van der Waals surface area contributed by atoms with E-state index in [4.69, 9.17) is 4.98 Å². The van der Waals surface area contributed by atoms with Crippen LogP contribution in [0.3, 0.4) is 0 Å². The van der Waals surface area contributed by atoms with Gasteiger partial charge < -0.3 is 15.5 Å². The standard InChI is InChI=1S/C22H21N5O/c1-2-20(28)24-18-11-6-12-19(14-18)27-13-7-8-16-15-23-22(26-21(16)27)25-17-9-4-3-5-10-17/h2-6,9-12,14-15H,1,7-8,13H2,(H,24,28)(H,23,25,26). The smallest absolute Gasteiger partial charge is 0.247 e. The number of anilines is 5. The van der Waals surface area contributed by atoms with Gasteiger partial charge in [0.15, 0.2) is 0 Å². The Morgan fingerprint density at radius 3 is 2.75 bits per heavy atom. The molecule has 0 saturated carbocycles. The number of nitrogens with one attached hydrogen (secondary N) is 2. The first-order chi connectivity index (χ1) is 13.7. The van der Waals surface area contributed by atoms with Crippen molar-refractivity contribution in [3.8, 4) is 0 Å². The number of hydrogen-bond donors (Lipinski definition) is 2. The maximum absolute atomic E-state index is 11.6. The Labute approximate surface area is 164 Å². The number of aryl methyl sites for hydroxylation is 1. The van der Waals surface area contributed by atoms with Gasteiger partial charge in [-0.15, -0.1) is 0 Å². The first kappa shape index (κ1) is 17.7. The predicted molar refractivity (Wildman–Crippen MR) is 112 cm³/mol. The highest BCUT2D eigenvalue weighted by molar-refractivity contribution is 5.99. The number of nitrogens with zero attached hydrogens (tertiary/aromatic N) is 3. The third-order valence-corrected chi connectivity index (χ3v) is 4.57. The van der Waals surface area contributed by atoms with Gasteiger partial charge in [0, 0.05) is 35.4 Å². The van der Waals surface area contributed by atoms with Crippen molar-refractivity contribution in [2.45, 2.75) is 12.8 Å². The highest BCUT2D eigenvalue weighted by atomic mass is 16.1. The molecule has 0 unspecified atom stereocenters. The molecule has 2 N–H and O–H groups in total. The molecular formula is C22H21N5O. The van der Waals surface area contributed by atoms with Crippen LogP contribution in [0.15, 0.2) is 73.4 Å². The summed E-state index contributed by atoms with van der Waals surface area (Å²) in [7, 11) is 0. The minimum atomic E-state index is -0.229. The van der Waals surface area contributed by atoms with E-state index in [1.807, 2.05) is 60.8 Å². The van der Waals surface area contributed by atoms with E-state index in [9.17, 15) is 4.79 Å². The van der Waals surface area contributed by atoms with Crippen LogP contribution in [0.5, 0.6) is 0 Å². The molecule has 1 aliphatic rings. The number of fused-ring (bicyclic) bond motifs is 1. The summed E-state index contributed by atoms with van der Waals surface area (Å²) in [6.45, 7) is 4.35. The van der Waals surface area contributed by atoms with Crippen LogP contribution in [-0.2, 0) is 11.2 Å². The van der Waals surface area contributed by atoms with Crippen LogP contribution in [0, 0.1) is 0 Å². The van der Waals surface area contributed by atoms with Crippen molar-refractivity contribution in [2.75, 3.05) is 22.1 Å². The Bertz CT molecular complexity index is 1000. The van der Waals surface area contributed by atoms with E-state index in [1.54, 1.807) is 0 Å². The lowest BCUT2D eigenvalue weighted by Crippen LogP contribution is -2.26. The van der Waals surface area contributed by atoms with Crippen molar-refractivity contribution in [1.82, 2.24) is 9.97 Å². The van der Waals surface area contributed by atoms with Gasteiger partial charge in [-0.1, -0.05) is 30.8 Å². The molecule has 3 aromatic rings. The quantitative estimate of drug-likeness (QED) is 0.649. The molecular weight excluding hydrogens is 350 g/mol. The maximum atomic E-state index is 11.6. The predicted octanol–water partition coefficient (Wildman–Crippen LogP) is 4.43. The van der Waals surface area contributed by atoms with Crippen molar-refractivity contribution in [2.24, 2.45) is 0 Å². The summed E-state index contributed by atoms with van der Waals surface area (Å²) in [6, 6.07) is 17.6. The van der Waals surface area contributed by atoms with E-state index in [0.29, 0.717) is 5.95 Å². The molecule has 0 saturated heterocycles. The fourth-order valence-corrected chi connectivity index (χ4v) is 3.25. The summed E-state index contributed by atoms with van der Waals surface area (Å²) in [5, 5.41) is 6.06. The summed E-state index contributed by atoms with van der Waals surface area (Å²) in [6.07, 6.45) is 5.12. The summed E-state index contributed by atoms with van der Waals surface area (Å²) in [5.41, 5.74) is 3.77. The normalized spacial score (nSPS) is 12.8.